The number of hydrogen-bond acceptors (Lipinski definition) is 4. The lowest BCUT2D eigenvalue weighted by Crippen LogP contribution is -2.51. The van der Waals surface area contributed by atoms with Gasteiger partial charge in [-0.1, -0.05) is 0 Å². The molecule has 0 spiro atoms. The summed E-state index contributed by atoms with van der Waals surface area (Å²) in [5.41, 5.74) is 0. The van der Waals surface area contributed by atoms with Crippen molar-refractivity contribution in [3.8, 4) is 0 Å². The predicted octanol–water partition coefficient (Wildman–Crippen LogP) is 0.751. The van der Waals surface area contributed by atoms with E-state index in [-0.39, 0.29) is 5.91 Å². The number of rotatable bonds is 4. The van der Waals surface area contributed by atoms with Gasteiger partial charge in [0.1, 0.15) is 0 Å². The summed E-state index contributed by atoms with van der Waals surface area (Å²) in [5.74, 6) is 0.218. The summed E-state index contributed by atoms with van der Waals surface area (Å²) in [7, 11) is 0. The van der Waals surface area contributed by atoms with Crippen LogP contribution in [0.3, 0.4) is 0 Å². The van der Waals surface area contributed by atoms with Gasteiger partial charge < -0.3 is 9.64 Å². The van der Waals surface area contributed by atoms with Crippen molar-refractivity contribution in [2.45, 2.75) is 12.5 Å². The molecule has 0 aromatic carbocycles. The Morgan fingerprint density at radius 1 is 1.35 bits per heavy atom. The van der Waals surface area contributed by atoms with E-state index in [0.29, 0.717) is 25.7 Å². The molecular weight excluding hydrogens is 324 g/mol. The van der Waals surface area contributed by atoms with Crippen LogP contribution in [0.2, 0.25) is 0 Å². The molecule has 0 bridgehead atoms. The Hall–Kier alpha value is -0.920. The van der Waals surface area contributed by atoms with Gasteiger partial charge in [0.25, 0.3) is 0 Å². The number of nitrogens with zero attached hydrogens (tertiary/aromatic N) is 4. The summed E-state index contributed by atoms with van der Waals surface area (Å²) < 4.78 is 8.35. The number of carbonyl (C=O) groups excluding carboxylic acids is 1. The predicted molar refractivity (Wildman–Crippen MR) is 77.4 cm³/mol. The topological polar surface area (TPSA) is 50.6 Å². The second-order valence-electron chi connectivity index (χ2n) is 5.30. The first-order valence-corrected chi connectivity index (χ1v) is 7.79. The summed E-state index contributed by atoms with van der Waals surface area (Å²) >= 11 is 3.41. The molecule has 6 nitrogen and oxygen atoms in total. The van der Waals surface area contributed by atoms with Gasteiger partial charge in [-0.25, -0.2) is 0 Å². The van der Waals surface area contributed by atoms with E-state index in [1.54, 1.807) is 0 Å². The fraction of sp³-hybridized carbons (Fsp3) is 0.692. The van der Waals surface area contributed by atoms with E-state index in [0.717, 1.165) is 37.2 Å². The van der Waals surface area contributed by atoms with Crippen LogP contribution in [0.1, 0.15) is 12.5 Å². The van der Waals surface area contributed by atoms with Crippen LogP contribution in [-0.2, 0) is 9.53 Å². The van der Waals surface area contributed by atoms with Crippen LogP contribution in [0.15, 0.2) is 16.9 Å². The highest BCUT2D eigenvalue weighted by molar-refractivity contribution is 9.10. The fourth-order valence-electron chi connectivity index (χ4n) is 2.62. The minimum atomic E-state index is 0.218. The maximum absolute atomic E-state index is 11.8. The molecule has 0 N–H and O–H groups in total. The lowest BCUT2D eigenvalue weighted by Gasteiger charge is -2.40. The molecule has 2 aliphatic rings. The zero-order valence-electron chi connectivity index (χ0n) is 11.4. The van der Waals surface area contributed by atoms with E-state index in [1.165, 1.54) is 0 Å². The summed E-state index contributed by atoms with van der Waals surface area (Å²) in [6.45, 7) is 5.70. The van der Waals surface area contributed by atoms with Crippen LogP contribution in [0, 0.1) is 0 Å². The van der Waals surface area contributed by atoms with Crippen LogP contribution < -0.4 is 0 Å². The number of likely N-dealkylation sites (tertiary alicyclic amines) is 1. The van der Waals surface area contributed by atoms with Gasteiger partial charge in [-0.3, -0.25) is 14.4 Å². The number of amides is 1. The average Bonchev–Trinajstić information content (AvgIpc) is 2.69. The van der Waals surface area contributed by atoms with E-state index in [2.05, 4.69) is 25.9 Å². The largest absolute Gasteiger partial charge is 0.379 e. The Labute approximate surface area is 126 Å². The molecular formula is C13H19BrN4O2. The van der Waals surface area contributed by atoms with E-state index in [4.69, 9.17) is 4.74 Å². The minimum Gasteiger partial charge on any atom is -0.379 e. The summed E-state index contributed by atoms with van der Waals surface area (Å²) in [6.07, 6.45) is 4.35. The van der Waals surface area contributed by atoms with Crippen molar-refractivity contribution in [1.29, 1.82) is 0 Å². The van der Waals surface area contributed by atoms with Crippen LogP contribution in [-0.4, -0.2) is 71.4 Å². The zero-order chi connectivity index (χ0) is 13.9. The normalized spacial score (nSPS) is 21.9. The van der Waals surface area contributed by atoms with Crippen molar-refractivity contribution in [1.82, 2.24) is 19.6 Å². The molecule has 0 radical (unpaired) electrons. The third-order valence-electron chi connectivity index (χ3n) is 3.89. The standard InChI is InChI=1S/C13H19BrN4O2/c14-11-7-15-18(8-11)12-9-16(10-12)2-3-17-4-6-20-5-1-13(17)19/h7-8,12H,1-6,9-10H2. The van der Waals surface area contributed by atoms with Crippen LogP contribution in [0.4, 0.5) is 0 Å². The SMILES string of the molecule is O=C1CCOCCN1CCN1CC(n2cc(Br)cn2)C1. The summed E-state index contributed by atoms with van der Waals surface area (Å²) in [6, 6.07) is 0.462. The molecule has 1 amide bonds. The summed E-state index contributed by atoms with van der Waals surface area (Å²) in [5, 5.41) is 4.31. The number of halogens is 1. The molecule has 0 atom stereocenters. The molecule has 3 rings (SSSR count). The molecule has 0 unspecified atom stereocenters. The molecule has 2 saturated heterocycles. The van der Waals surface area contributed by atoms with Crippen molar-refractivity contribution in [2.24, 2.45) is 0 Å². The maximum Gasteiger partial charge on any atom is 0.225 e. The van der Waals surface area contributed by atoms with E-state index >= 15 is 0 Å². The monoisotopic (exact) mass is 342 g/mol. The van der Waals surface area contributed by atoms with Gasteiger partial charge >= 0.3 is 0 Å². The fourth-order valence-corrected chi connectivity index (χ4v) is 2.93. The van der Waals surface area contributed by atoms with Gasteiger partial charge in [0, 0.05) is 38.9 Å². The number of ether oxygens (including phenoxy) is 1. The molecule has 1 aromatic heterocycles. The van der Waals surface area contributed by atoms with E-state index < -0.39 is 0 Å². The Balaban J connectivity index is 1.41. The van der Waals surface area contributed by atoms with Gasteiger partial charge in [0.2, 0.25) is 5.91 Å². The molecule has 20 heavy (non-hydrogen) atoms. The minimum absolute atomic E-state index is 0.218. The van der Waals surface area contributed by atoms with Crippen LogP contribution in [0.25, 0.3) is 0 Å². The molecule has 0 aliphatic carbocycles. The lowest BCUT2D eigenvalue weighted by molar-refractivity contribution is -0.130. The van der Waals surface area contributed by atoms with Crippen LogP contribution in [0.5, 0.6) is 0 Å². The molecule has 110 valence electrons. The van der Waals surface area contributed by atoms with Crippen molar-refractivity contribution in [3.63, 3.8) is 0 Å². The smallest absolute Gasteiger partial charge is 0.225 e. The van der Waals surface area contributed by atoms with Crippen LogP contribution >= 0.6 is 15.9 Å². The first-order chi connectivity index (χ1) is 9.72. The highest BCUT2D eigenvalue weighted by atomic mass is 79.9. The highest BCUT2D eigenvalue weighted by Gasteiger charge is 2.29. The van der Waals surface area contributed by atoms with Gasteiger partial charge in [-0.15, -0.1) is 0 Å². The van der Waals surface area contributed by atoms with Crippen molar-refractivity contribution in [2.75, 3.05) is 45.9 Å². The number of carbonyl (C=O) groups is 1. The highest BCUT2D eigenvalue weighted by Crippen LogP contribution is 2.21. The third kappa shape index (κ3) is 3.21. The molecule has 3 heterocycles. The zero-order valence-corrected chi connectivity index (χ0v) is 13.0. The first-order valence-electron chi connectivity index (χ1n) is 7.00. The maximum atomic E-state index is 11.8. The molecule has 1 aromatic rings. The van der Waals surface area contributed by atoms with E-state index in [1.807, 2.05) is 22.0 Å². The second-order valence-corrected chi connectivity index (χ2v) is 6.21. The lowest BCUT2D eigenvalue weighted by atomic mass is 10.1. The van der Waals surface area contributed by atoms with Gasteiger partial charge in [0.15, 0.2) is 0 Å². The average molecular weight is 343 g/mol. The first kappa shape index (κ1) is 14.0. The van der Waals surface area contributed by atoms with Crippen molar-refractivity contribution >= 4 is 21.8 Å². The van der Waals surface area contributed by atoms with Gasteiger partial charge in [-0.2, -0.15) is 5.10 Å². The number of aromatic nitrogens is 2. The van der Waals surface area contributed by atoms with Gasteiger partial charge in [0.05, 0.1) is 36.3 Å². The molecule has 2 aliphatic heterocycles. The molecule has 2 fully saturated rings. The van der Waals surface area contributed by atoms with Crippen molar-refractivity contribution < 1.29 is 9.53 Å². The second kappa shape index (κ2) is 6.24. The quantitative estimate of drug-likeness (QED) is 0.810. The van der Waals surface area contributed by atoms with Gasteiger partial charge in [-0.05, 0) is 15.9 Å². The third-order valence-corrected chi connectivity index (χ3v) is 4.30. The Bertz CT molecular complexity index is 473. The molecule has 7 heteroatoms. The van der Waals surface area contributed by atoms with Crippen molar-refractivity contribution in [3.05, 3.63) is 16.9 Å². The Morgan fingerprint density at radius 3 is 2.95 bits per heavy atom. The Morgan fingerprint density at radius 2 is 2.20 bits per heavy atom. The Kier molecular flexibility index (Phi) is 4.38. The number of hydrogen-bond donors (Lipinski definition) is 0. The summed E-state index contributed by atoms with van der Waals surface area (Å²) in [4.78, 5) is 16.1. The van der Waals surface area contributed by atoms with E-state index in [9.17, 15) is 4.79 Å². The molecule has 0 saturated carbocycles.